The van der Waals surface area contributed by atoms with Gasteiger partial charge in [0.2, 0.25) is 5.69 Å². The molecule has 164 valence electrons. The van der Waals surface area contributed by atoms with Gasteiger partial charge in [0.1, 0.15) is 7.05 Å². The van der Waals surface area contributed by atoms with Gasteiger partial charge in [0.15, 0.2) is 6.20 Å². The van der Waals surface area contributed by atoms with Gasteiger partial charge in [-0.1, -0.05) is 74.6 Å². The molecule has 0 aliphatic carbocycles. The van der Waals surface area contributed by atoms with Crippen LogP contribution in [0.1, 0.15) is 30.5 Å². The number of fused-ring (bicyclic) bond motifs is 1. The van der Waals surface area contributed by atoms with E-state index >= 15 is 0 Å². The Balaban J connectivity index is 1.87. The first kappa shape index (κ1) is 22.5. The van der Waals surface area contributed by atoms with Gasteiger partial charge in [-0.3, -0.25) is 0 Å². The Morgan fingerprint density at radius 1 is 0.781 bits per heavy atom. The Morgan fingerprint density at radius 2 is 1.47 bits per heavy atom. The highest BCUT2D eigenvalue weighted by atomic mass is 28.3. The van der Waals surface area contributed by atoms with Crippen LogP contribution < -0.4 is 9.75 Å². The van der Waals surface area contributed by atoms with Crippen molar-refractivity contribution in [1.29, 1.82) is 0 Å². The fourth-order valence-corrected chi connectivity index (χ4v) is 6.50. The van der Waals surface area contributed by atoms with Gasteiger partial charge < -0.3 is 0 Å². The highest BCUT2D eigenvalue weighted by Gasteiger charge is 2.28. The third kappa shape index (κ3) is 3.82. The van der Waals surface area contributed by atoms with Gasteiger partial charge in [-0.15, -0.1) is 0 Å². The maximum absolute atomic E-state index is 2.49. The summed E-state index contributed by atoms with van der Waals surface area (Å²) in [6.07, 6.45) is 2.21. The lowest BCUT2D eigenvalue weighted by atomic mass is 9.92. The quantitative estimate of drug-likeness (QED) is 0.233. The predicted molar refractivity (Wildman–Crippen MR) is 142 cm³/mol. The zero-order valence-corrected chi connectivity index (χ0v) is 21.9. The zero-order valence-electron chi connectivity index (χ0n) is 20.9. The van der Waals surface area contributed by atoms with Crippen LogP contribution in [0.15, 0.2) is 66.9 Å². The van der Waals surface area contributed by atoms with Crippen molar-refractivity contribution in [3.8, 4) is 22.4 Å². The molecule has 0 saturated heterocycles. The average Bonchev–Trinajstić information content (AvgIpc) is 2.74. The number of aryl methyl sites for hydroxylation is 4. The third-order valence-electron chi connectivity index (χ3n) is 7.58. The molecule has 0 aliphatic heterocycles. The highest BCUT2D eigenvalue weighted by molar-refractivity contribution is 6.91. The van der Waals surface area contributed by atoms with Crippen LogP contribution >= 0.6 is 0 Å². The van der Waals surface area contributed by atoms with Crippen LogP contribution in [0, 0.1) is 20.8 Å². The smallest absolute Gasteiger partial charge is 0.200 e. The van der Waals surface area contributed by atoms with E-state index in [2.05, 4.69) is 126 Å². The molecule has 4 rings (SSSR count). The molecule has 32 heavy (non-hydrogen) atoms. The highest BCUT2D eigenvalue weighted by Crippen LogP contribution is 2.33. The molecular formula is C30H36NSi+. The maximum Gasteiger partial charge on any atom is 0.220 e. The van der Waals surface area contributed by atoms with Gasteiger partial charge >= 0.3 is 0 Å². The van der Waals surface area contributed by atoms with Crippen molar-refractivity contribution >= 4 is 24.0 Å². The van der Waals surface area contributed by atoms with Gasteiger partial charge in [-0.2, -0.15) is 0 Å². The minimum absolute atomic E-state index is 0.721. The lowest BCUT2D eigenvalue weighted by molar-refractivity contribution is -0.659. The second kappa shape index (κ2) is 8.33. The standard InChI is InChI=1S/C30H36NSi/c1-20(2)32(7,8)26-13-15-28-24(19-26)16-17-31(6)30(28)27-14-12-25(18-23(27)5)29-21(3)10-9-11-22(29)4/h9-20H,1-8H3/q+1. The summed E-state index contributed by atoms with van der Waals surface area (Å²) in [6.45, 7) is 16.4. The van der Waals surface area contributed by atoms with Crippen molar-refractivity contribution in [3.63, 3.8) is 0 Å². The third-order valence-corrected chi connectivity index (χ3v) is 12.3. The van der Waals surface area contributed by atoms with Crippen LogP contribution in [-0.4, -0.2) is 8.07 Å². The molecule has 0 unspecified atom stereocenters. The summed E-state index contributed by atoms with van der Waals surface area (Å²) in [5, 5.41) is 4.21. The predicted octanol–water partition coefficient (Wildman–Crippen LogP) is 7.25. The Bertz CT molecular complexity index is 1290. The van der Waals surface area contributed by atoms with Gasteiger partial charge in [0.25, 0.3) is 0 Å². The molecule has 0 saturated carbocycles. The lowest BCUT2D eigenvalue weighted by Crippen LogP contribution is -2.44. The summed E-state index contributed by atoms with van der Waals surface area (Å²) in [5.74, 6) is 0. The molecule has 0 spiro atoms. The van der Waals surface area contributed by atoms with Crippen molar-refractivity contribution in [2.45, 2.75) is 53.3 Å². The maximum atomic E-state index is 2.49. The summed E-state index contributed by atoms with van der Waals surface area (Å²) < 4.78 is 2.27. The number of rotatable bonds is 4. The molecule has 0 bridgehead atoms. The minimum Gasteiger partial charge on any atom is -0.200 e. The number of benzene rings is 3. The fourth-order valence-electron chi connectivity index (χ4n) is 4.80. The van der Waals surface area contributed by atoms with Crippen molar-refractivity contribution in [2.75, 3.05) is 0 Å². The summed E-state index contributed by atoms with van der Waals surface area (Å²) in [4.78, 5) is 0. The molecule has 1 heterocycles. The van der Waals surface area contributed by atoms with E-state index in [1.807, 2.05) is 0 Å². The number of nitrogens with zero attached hydrogens (tertiary/aromatic N) is 1. The molecule has 1 aromatic heterocycles. The van der Waals surface area contributed by atoms with Crippen molar-refractivity contribution in [3.05, 3.63) is 83.6 Å². The van der Waals surface area contributed by atoms with Crippen LogP contribution in [0.2, 0.25) is 18.6 Å². The van der Waals surface area contributed by atoms with Crippen molar-refractivity contribution < 1.29 is 4.57 Å². The Hall–Kier alpha value is -2.71. The molecule has 0 fully saturated rings. The molecule has 0 atom stereocenters. The van der Waals surface area contributed by atoms with Crippen LogP contribution in [0.25, 0.3) is 33.2 Å². The second-order valence-electron chi connectivity index (χ2n) is 10.3. The van der Waals surface area contributed by atoms with E-state index in [9.17, 15) is 0 Å². The van der Waals surface area contributed by atoms with E-state index < -0.39 is 8.07 Å². The van der Waals surface area contributed by atoms with E-state index in [1.54, 1.807) is 5.19 Å². The fraction of sp³-hybridized carbons (Fsp3) is 0.300. The average molecular weight is 439 g/mol. The molecular weight excluding hydrogens is 402 g/mol. The zero-order chi connectivity index (χ0) is 23.2. The van der Waals surface area contributed by atoms with E-state index in [0.717, 1.165) is 5.54 Å². The van der Waals surface area contributed by atoms with Gasteiger partial charge in [-0.25, -0.2) is 4.57 Å². The molecule has 0 amide bonds. The largest absolute Gasteiger partial charge is 0.220 e. The second-order valence-corrected chi connectivity index (χ2v) is 15.4. The molecule has 0 radical (unpaired) electrons. The summed E-state index contributed by atoms with van der Waals surface area (Å²) in [6, 6.07) is 23.0. The summed E-state index contributed by atoms with van der Waals surface area (Å²) in [5.41, 5.74) is 9.96. The van der Waals surface area contributed by atoms with Crippen LogP contribution in [0.3, 0.4) is 0 Å². The number of hydrogen-bond donors (Lipinski definition) is 0. The Labute approximate surface area is 194 Å². The van der Waals surface area contributed by atoms with E-state index in [-0.39, 0.29) is 0 Å². The van der Waals surface area contributed by atoms with Crippen LogP contribution in [0.5, 0.6) is 0 Å². The SMILES string of the molecule is Cc1cc(-c2c(C)cccc2C)ccc1-c1c2ccc([Si](C)(C)C(C)C)cc2cc[n+]1C. The number of pyridine rings is 1. The Kier molecular flexibility index (Phi) is 5.85. The number of hydrogen-bond acceptors (Lipinski definition) is 0. The topological polar surface area (TPSA) is 3.88 Å². The molecule has 0 N–H and O–H groups in total. The van der Waals surface area contributed by atoms with Gasteiger partial charge in [0.05, 0.1) is 13.5 Å². The lowest BCUT2D eigenvalue weighted by Gasteiger charge is -2.27. The first-order chi connectivity index (χ1) is 15.1. The minimum atomic E-state index is -1.46. The molecule has 0 aliphatic rings. The van der Waals surface area contributed by atoms with Crippen molar-refractivity contribution in [2.24, 2.45) is 7.05 Å². The van der Waals surface area contributed by atoms with Crippen LogP contribution in [0.4, 0.5) is 0 Å². The monoisotopic (exact) mass is 438 g/mol. The van der Waals surface area contributed by atoms with Crippen molar-refractivity contribution in [1.82, 2.24) is 0 Å². The number of aromatic nitrogens is 1. The summed E-state index contributed by atoms with van der Waals surface area (Å²) in [7, 11) is 0.703. The van der Waals surface area contributed by atoms with Crippen LogP contribution in [-0.2, 0) is 7.05 Å². The first-order valence-corrected chi connectivity index (χ1v) is 14.8. The molecule has 4 aromatic rings. The molecule has 2 heteroatoms. The summed E-state index contributed by atoms with van der Waals surface area (Å²) >= 11 is 0. The molecule has 3 aromatic carbocycles. The normalized spacial score (nSPS) is 12.0. The van der Waals surface area contributed by atoms with E-state index in [4.69, 9.17) is 0 Å². The Morgan fingerprint density at radius 3 is 2.09 bits per heavy atom. The molecule has 1 nitrogen and oxygen atoms in total. The van der Waals surface area contributed by atoms with E-state index in [1.165, 1.54) is 49.8 Å². The first-order valence-electron chi connectivity index (χ1n) is 11.7. The van der Waals surface area contributed by atoms with Gasteiger partial charge in [0, 0.05) is 11.6 Å². The van der Waals surface area contributed by atoms with Gasteiger partial charge in [-0.05, 0) is 71.6 Å². The van der Waals surface area contributed by atoms with E-state index in [0.29, 0.717) is 0 Å².